The van der Waals surface area contributed by atoms with Crippen LogP contribution in [0.15, 0.2) is 41.2 Å². The van der Waals surface area contributed by atoms with Crippen molar-refractivity contribution in [2.75, 3.05) is 12.4 Å². The number of carbonyl (C=O) groups is 2. The van der Waals surface area contributed by atoms with Crippen molar-refractivity contribution in [2.24, 2.45) is 0 Å². The Labute approximate surface area is 180 Å². The van der Waals surface area contributed by atoms with Gasteiger partial charge in [-0.05, 0) is 32.0 Å². The van der Waals surface area contributed by atoms with E-state index in [-0.39, 0.29) is 30.3 Å². The van der Waals surface area contributed by atoms with Crippen LogP contribution in [-0.2, 0) is 29.2 Å². The Balaban J connectivity index is 1.57. The lowest BCUT2D eigenvalue weighted by atomic mass is 10.2. The van der Waals surface area contributed by atoms with E-state index in [0.29, 0.717) is 36.8 Å². The van der Waals surface area contributed by atoms with Gasteiger partial charge in [0.05, 0.1) is 12.6 Å². The van der Waals surface area contributed by atoms with Gasteiger partial charge in [-0.1, -0.05) is 18.2 Å². The number of hydrogen-bond donors (Lipinski definition) is 2. The minimum Gasteiger partial charge on any atom is -0.496 e. The van der Waals surface area contributed by atoms with Crippen LogP contribution in [0.25, 0.3) is 11.2 Å². The molecule has 9 heteroatoms. The second-order valence-corrected chi connectivity index (χ2v) is 6.95. The normalized spacial score (nSPS) is 10.8. The number of rotatable bonds is 9. The number of fused-ring (bicyclic) bond motifs is 1. The number of hydrogen-bond acceptors (Lipinski definition) is 5. The van der Waals surface area contributed by atoms with Gasteiger partial charge in [-0.2, -0.15) is 0 Å². The molecule has 9 nitrogen and oxygen atoms in total. The van der Waals surface area contributed by atoms with Crippen molar-refractivity contribution in [2.45, 2.75) is 46.3 Å². The molecule has 0 unspecified atom stereocenters. The molecule has 164 valence electrons. The molecule has 0 radical (unpaired) electrons. The number of methoxy groups -OCH3 is 1. The zero-order chi connectivity index (χ0) is 22.4. The highest BCUT2D eigenvalue weighted by Gasteiger charge is 2.14. The SMILES string of the molecule is CCn1c(=O)n(CC)c2nc(NC(=O)CCC(=O)NCc3ccccc3OC)ccc21. The maximum absolute atomic E-state index is 12.4. The molecule has 0 aliphatic rings. The molecule has 2 aromatic heterocycles. The van der Waals surface area contributed by atoms with Crippen molar-refractivity contribution in [3.63, 3.8) is 0 Å². The molecule has 1 aromatic carbocycles. The number of benzene rings is 1. The predicted octanol–water partition coefficient (Wildman–Crippen LogP) is 2.28. The first kappa shape index (κ1) is 22.1. The number of imidazole rings is 1. The zero-order valence-electron chi connectivity index (χ0n) is 18.0. The van der Waals surface area contributed by atoms with Crippen molar-refractivity contribution in [3.05, 3.63) is 52.4 Å². The second-order valence-electron chi connectivity index (χ2n) is 6.95. The molecule has 2 N–H and O–H groups in total. The molecule has 31 heavy (non-hydrogen) atoms. The second kappa shape index (κ2) is 9.92. The van der Waals surface area contributed by atoms with Crippen molar-refractivity contribution >= 4 is 28.8 Å². The van der Waals surface area contributed by atoms with Crippen molar-refractivity contribution in [1.82, 2.24) is 19.4 Å². The molecular weight excluding hydrogens is 398 g/mol. The molecule has 2 heterocycles. The van der Waals surface area contributed by atoms with Gasteiger partial charge < -0.3 is 15.4 Å². The smallest absolute Gasteiger partial charge is 0.330 e. The van der Waals surface area contributed by atoms with E-state index in [2.05, 4.69) is 15.6 Å². The fraction of sp³-hybridized carbons (Fsp3) is 0.364. The Kier molecular flexibility index (Phi) is 7.07. The summed E-state index contributed by atoms with van der Waals surface area (Å²) in [4.78, 5) is 41.2. The molecule has 0 atom stereocenters. The molecule has 0 saturated carbocycles. The summed E-state index contributed by atoms with van der Waals surface area (Å²) in [5, 5.41) is 5.50. The topological polar surface area (TPSA) is 107 Å². The van der Waals surface area contributed by atoms with Gasteiger partial charge in [0, 0.05) is 38.0 Å². The molecule has 0 aliphatic heterocycles. The van der Waals surface area contributed by atoms with Crippen LogP contribution in [0.2, 0.25) is 0 Å². The molecule has 0 spiro atoms. The van der Waals surface area contributed by atoms with Crippen LogP contribution in [0.1, 0.15) is 32.3 Å². The van der Waals surface area contributed by atoms with Crippen molar-refractivity contribution < 1.29 is 14.3 Å². The van der Waals surface area contributed by atoms with E-state index < -0.39 is 0 Å². The van der Waals surface area contributed by atoms with Crippen LogP contribution < -0.4 is 21.1 Å². The van der Waals surface area contributed by atoms with Gasteiger partial charge in [-0.3, -0.25) is 18.7 Å². The number of pyridine rings is 1. The van der Waals surface area contributed by atoms with Gasteiger partial charge in [0.1, 0.15) is 11.6 Å². The van der Waals surface area contributed by atoms with Gasteiger partial charge in [0.2, 0.25) is 11.8 Å². The van der Waals surface area contributed by atoms with E-state index in [0.717, 1.165) is 11.1 Å². The lowest BCUT2D eigenvalue weighted by Crippen LogP contribution is -2.24. The summed E-state index contributed by atoms with van der Waals surface area (Å²) in [6.07, 6.45) is 0.0726. The number of nitrogens with one attached hydrogen (secondary N) is 2. The fourth-order valence-electron chi connectivity index (χ4n) is 3.41. The number of anilines is 1. The molecule has 0 aliphatic carbocycles. The molecular formula is C22H27N5O4. The first-order chi connectivity index (χ1) is 15.0. The number of aromatic nitrogens is 3. The Morgan fingerprint density at radius 2 is 1.71 bits per heavy atom. The standard InChI is InChI=1S/C22H27N5O4/c1-4-26-16-10-11-18(25-21(16)27(5-2)22(26)30)24-20(29)13-12-19(28)23-14-15-8-6-7-9-17(15)31-3/h6-11H,4-5,12-14H2,1-3H3,(H,23,28)(H,24,25,29). The van der Waals surface area contributed by atoms with Crippen LogP contribution in [0.5, 0.6) is 5.75 Å². The van der Waals surface area contributed by atoms with Crippen LogP contribution in [0.4, 0.5) is 5.82 Å². The number of para-hydroxylation sites is 1. The molecule has 0 saturated heterocycles. The molecule has 2 amide bonds. The first-order valence-corrected chi connectivity index (χ1v) is 10.3. The third-order valence-corrected chi connectivity index (χ3v) is 5.01. The van der Waals surface area contributed by atoms with Gasteiger partial charge in [0.15, 0.2) is 5.65 Å². The van der Waals surface area contributed by atoms with Crippen LogP contribution in [-0.4, -0.2) is 33.0 Å². The number of aryl methyl sites for hydroxylation is 2. The van der Waals surface area contributed by atoms with Gasteiger partial charge in [0.25, 0.3) is 0 Å². The van der Waals surface area contributed by atoms with Gasteiger partial charge in [-0.15, -0.1) is 0 Å². The third kappa shape index (κ3) is 4.93. The summed E-state index contributed by atoms with van der Waals surface area (Å²) < 4.78 is 8.47. The van der Waals surface area contributed by atoms with E-state index in [9.17, 15) is 14.4 Å². The van der Waals surface area contributed by atoms with Crippen molar-refractivity contribution in [3.8, 4) is 5.75 Å². The molecule has 0 fully saturated rings. The van der Waals surface area contributed by atoms with E-state index in [1.807, 2.05) is 38.1 Å². The van der Waals surface area contributed by atoms with E-state index in [1.54, 1.807) is 28.4 Å². The highest BCUT2D eigenvalue weighted by molar-refractivity contribution is 5.93. The minimum atomic E-state index is -0.320. The number of amides is 2. The Morgan fingerprint density at radius 1 is 1.00 bits per heavy atom. The summed E-state index contributed by atoms with van der Waals surface area (Å²) in [7, 11) is 1.58. The quantitative estimate of drug-likeness (QED) is 0.547. The molecule has 3 aromatic rings. The Bertz CT molecular complexity index is 1150. The fourth-order valence-corrected chi connectivity index (χ4v) is 3.41. The maximum atomic E-state index is 12.4. The Hall–Kier alpha value is -3.62. The van der Waals surface area contributed by atoms with Crippen LogP contribution in [0, 0.1) is 0 Å². The zero-order valence-corrected chi connectivity index (χ0v) is 18.0. The lowest BCUT2D eigenvalue weighted by molar-refractivity contribution is -0.124. The van der Waals surface area contributed by atoms with E-state index in [1.165, 1.54) is 0 Å². The Morgan fingerprint density at radius 3 is 2.42 bits per heavy atom. The van der Waals surface area contributed by atoms with Crippen LogP contribution in [0.3, 0.4) is 0 Å². The summed E-state index contributed by atoms with van der Waals surface area (Å²) in [6, 6.07) is 10.9. The number of ether oxygens (including phenoxy) is 1. The number of nitrogens with zero attached hydrogens (tertiary/aromatic N) is 3. The summed E-state index contributed by atoms with van der Waals surface area (Å²) in [5.74, 6) is 0.496. The molecule has 0 bridgehead atoms. The van der Waals surface area contributed by atoms with Gasteiger partial charge >= 0.3 is 5.69 Å². The minimum absolute atomic E-state index is 0.0219. The largest absolute Gasteiger partial charge is 0.496 e. The number of carbonyl (C=O) groups excluding carboxylic acids is 2. The first-order valence-electron chi connectivity index (χ1n) is 10.3. The van der Waals surface area contributed by atoms with E-state index in [4.69, 9.17) is 4.74 Å². The van der Waals surface area contributed by atoms with E-state index >= 15 is 0 Å². The summed E-state index contributed by atoms with van der Waals surface area (Å²) in [6.45, 7) is 5.12. The van der Waals surface area contributed by atoms with Gasteiger partial charge in [-0.25, -0.2) is 9.78 Å². The summed E-state index contributed by atoms with van der Waals surface area (Å²) in [5.41, 5.74) is 1.99. The highest BCUT2D eigenvalue weighted by atomic mass is 16.5. The third-order valence-electron chi connectivity index (χ3n) is 5.01. The monoisotopic (exact) mass is 425 g/mol. The highest BCUT2D eigenvalue weighted by Crippen LogP contribution is 2.17. The van der Waals surface area contributed by atoms with Crippen molar-refractivity contribution in [1.29, 1.82) is 0 Å². The van der Waals surface area contributed by atoms with Crippen LogP contribution >= 0.6 is 0 Å². The maximum Gasteiger partial charge on any atom is 0.330 e. The predicted molar refractivity (Wildman–Crippen MR) is 118 cm³/mol. The average Bonchev–Trinajstić information content (AvgIpc) is 3.05. The molecule has 3 rings (SSSR count). The average molecular weight is 425 g/mol. The summed E-state index contributed by atoms with van der Waals surface area (Å²) >= 11 is 0. The lowest BCUT2D eigenvalue weighted by Gasteiger charge is -2.09.